The second kappa shape index (κ2) is 8.55. The van der Waals surface area contributed by atoms with Crippen LogP contribution in [0.5, 0.6) is 5.75 Å². The molecule has 32 heavy (non-hydrogen) atoms. The molecule has 0 aliphatic rings. The van der Waals surface area contributed by atoms with Gasteiger partial charge in [0.15, 0.2) is 5.82 Å². The van der Waals surface area contributed by atoms with E-state index in [1.165, 1.54) is 0 Å². The zero-order valence-electron chi connectivity index (χ0n) is 19.0. The summed E-state index contributed by atoms with van der Waals surface area (Å²) in [5.41, 5.74) is 3.91. The molecular weight excluding hydrogens is 404 g/mol. The minimum absolute atomic E-state index is 0.405. The van der Waals surface area contributed by atoms with Crippen molar-refractivity contribution in [2.75, 3.05) is 11.9 Å². The van der Waals surface area contributed by atoms with Crippen LogP contribution in [-0.4, -0.2) is 41.9 Å². The molecular formula is C24H28N6O2. The lowest BCUT2D eigenvalue weighted by Gasteiger charge is -2.18. The van der Waals surface area contributed by atoms with Crippen LogP contribution in [-0.2, 0) is 0 Å². The van der Waals surface area contributed by atoms with Crippen molar-refractivity contribution >= 4 is 17.2 Å². The van der Waals surface area contributed by atoms with Crippen molar-refractivity contribution in [2.24, 2.45) is 0 Å². The molecule has 2 N–H and O–H groups in total. The molecule has 0 unspecified atom stereocenters. The summed E-state index contributed by atoms with van der Waals surface area (Å²) in [6.07, 6.45) is 4.18. The number of hydrogen-bond acceptors (Lipinski definition) is 7. The highest BCUT2D eigenvalue weighted by Crippen LogP contribution is 2.31. The van der Waals surface area contributed by atoms with Crippen LogP contribution in [0.25, 0.3) is 16.6 Å². The zero-order chi connectivity index (χ0) is 22.9. The fourth-order valence-corrected chi connectivity index (χ4v) is 3.43. The fourth-order valence-electron chi connectivity index (χ4n) is 3.43. The number of hydrogen-bond donors (Lipinski definition) is 2. The summed E-state index contributed by atoms with van der Waals surface area (Å²) in [7, 11) is 0. The molecule has 4 aromatic rings. The second-order valence-corrected chi connectivity index (χ2v) is 8.61. The number of nitrogens with one attached hydrogen (secondary N) is 1. The van der Waals surface area contributed by atoms with Gasteiger partial charge in [-0.1, -0.05) is 0 Å². The van der Waals surface area contributed by atoms with Crippen molar-refractivity contribution in [3.63, 3.8) is 0 Å². The third kappa shape index (κ3) is 5.20. The maximum absolute atomic E-state index is 9.96. The van der Waals surface area contributed by atoms with E-state index in [1.807, 2.05) is 55.7 Å². The van der Waals surface area contributed by atoms with Gasteiger partial charge in [0.1, 0.15) is 17.4 Å². The summed E-state index contributed by atoms with van der Waals surface area (Å²) in [4.78, 5) is 13.1. The number of ether oxygens (including phenoxy) is 1. The summed E-state index contributed by atoms with van der Waals surface area (Å²) in [6.45, 7) is 9.71. The summed E-state index contributed by atoms with van der Waals surface area (Å²) in [5, 5.41) is 17.8. The lowest BCUT2D eigenvalue weighted by atomic mass is 10.1. The number of aliphatic hydroxyl groups is 1. The highest BCUT2D eigenvalue weighted by Gasteiger charge is 2.15. The molecule has 0 bridgehead atoms. The lowest BCUT2D eigenvalue weighted by Crippen LogP contribution is -2.21. The van der Waals surface area contributed by atoms with Gasteiger partial charge in [-0.25, -0.2) is 14.5 Å². The Morgan fingerprint density at radius 2 is 1.84 bits per heavy atom. The molecule has 0 radical (unpaired) electrons. The molecule has 166 valence electrons. The van der Waals surface area contributed by atoms with Crippen molar-refractivity contribution in [1.82, 2.24) is 24.6 Å². The number of pyridine rings is 2. The van der Waals surface area contributed by atoms with Gasteiger partial charge in [-0.2, -0.15) is 5.10 Å². The van der Waals surface area contributed by atoms with Crippen LogP contribution in [0.4, 0.5) is 11.6 Å². The number of aromatic nitrogens is 5. The van der Waals surface area contributed by atoms with Crippen molar-refractivity contribution in [1.29, 1.82) is 0 Å². The van der Waals surface area contributed by atoms with E-state index in [0.29, 0.717) is 36.2 Å². The summed E-state index contributed by atoms with van der Waals surface area (Å²) in [6, 6.07) is 9.93. The molecule has 0 atom stereocenters. The van der Waals surface area contributed by atoms with Gasteiger partial charge in [0.2, 0.25) is 0 Å². The first-order valence-electron chi connectivity index (χ1n) is 10.6. The Morgan fingerprint density at radius 1 is 1.03 bits per heavy atom. The Labute approximate surface area is 187 Å². The number of anilines is 2. The van der Waals surface area contributed by atoms with E-state index < -0.39 is 5.60 Å². The van der Waals surface area contributed by atoms with E-state index in [2.05, 4.69) is 31.4 Å². The second-order valence-electron chi connectivity index (χ2n) is 8.61. The molecule has 4 aromatic heterocycles. The van der Waals surface area contributed by atoms with Crippen LogP contribution in [0.15, 0.2) is 42.7 Å². The van der Waals surface area contributed by atoms with Crippen molar-refractivity contribution in [3.05, 3.63) is 59.9 Å². The van der Waals surface area contributed by atoms with Gasteiger partial charge < -0.3 is 15.2 Å². The van der Waals surface area contributed by atoms with E-state index >= 15 is 0 Å². The number of nitrogens with zero attached hydrogens (tertiary/aromatic N) is 5. The van der Waals surface area contributed by atoms with Gasteiger partial charge in [0.25, 0.3) is 0 Å². The monoisotopic (exact) mass is 432 g/mol. The van der Waals surface area contributed by atoms with Crippen LogP contribution in [0.2, 0.25) is 0 Å². The SMILES string of the molecule is Cc1cc(-c2ccn3nc(Nc4cc(C)nc(C)n4)cc3c2)c(OCCC(C)(C)O)cn1. The normalized spacial score (nSPS) is 11.7. The van der Waals surface area contributed by atoms with Crippen molar-refractivity contribution in [3.8, 4) is 16.9 Å². The molecule has 0 saturated carbocycles. The molecule has 8 heteroatoms. The van der Waals surface area contributed by atoms with E-state index in [9.17, 15) is 5.11 Å². The van der Waals surface area contributed by atoms with Crippen molar-refractivity contribution in [2.45, 2.75) is 46.6 Å². The topological polar surface area (TPSA) is 97.5 Å². The molecule has 0 spiro atoms. The van der Waals surface area contributed by atoms with Crippen LogP contribution in [0.1, 0.15) is 37.5 Å². The Kier molecular flexibility index (Phi) is 5.80. The fraction of sp³-hybridized carbons (Fsp3) is 0.333. The lowest BCUT2D eigenvalue weighted by molar-refractivity contribution is 0.0553. The quantitative estimate of drug-likeness (QED) is 0.447. The molecule has 0 fully saturated rings. The van der Waals surface area contributed by atoms with Gasteiger partial charge in [-0.05, 0) is 58.4 Å². The van der Waals surface area contributed by atoms with E-state index in [4.69, 9.17) is 4.74 Å². The van der Waals surface area contributed by atoms with Gasteiger partial charge in [0.05, 0.1) is 23.9 Å². The average molecular weight is 433 g/mol. The van der Waals surface area contributed by atoms with Crippen molar-refractivity contribution < 1.29 is 9.84 Å². The highest BCUT2D eigenvalue weighted by molar-refractivity contribution is 5.75. The minimum Gasteiger partial charge on any atom is -0.491 e. The molecule has 0 saturated heterocycles. The minimum atomic E-state index is -0.779. The largest absolute Gasteiger partial charge is 0.491 e. The Morgan fingerprint density at radius 3 is 2.59 bits per heavy atom. The maximum Gasteiger partial charge on any atom is 0.154 e. The first-order chi connectivity index (χ1) is 15.2. The summed E-state index contributed by atoms with van der Waals surface area (Å²) < 4.78 is 7.78. The third-order valence-electron chi connectivity index (χ3n) is 4.97. The zero-order valence-corrected chi connectivity index (χ0v) is 19.0. The van der Waals surface area contributed by atoms with E-state index in [-0.39, 0.29) is 0 Å². The number of rotatable bonds is 7. The predicted octanol–water partition coefficient (Wildman–Crippen LogP) is 4.39. The van der Waals surface area contributed by atoms with Gasteiger partial charge in [-0.3, -0.25) is 4.98 Å². The van der Waals surface area contributed by atoms with Crippen LogP contribution in [0.3, 0.4) is 0 Å². The first-order valence-corrected chi connectivity index (χ1v) is 10.6. The van der Waals surface area contributed by atoms with Crippen LogP contribution < -0.4 is 10.1 Å². The van der Waals surface area contributed by atoms with E-state index in [1.54, 1.807) is 20.0 Å². The van der Waals surface area contributed by atoms with E-state index in [0.717, 1.165) is 28.0 Å². The Bertz CT molecular complexity index is 1240. The maximum atomic E-state index is 9.96. The molecule has 4 rings (SSSR count). The molecule has 0 amide bonds. The number of fused-ring (bicyclic) bond motifs is 1. The molecule has 0 aliphatic carbocycles. The first kappa shape index (κ1) is 21.7. The van der Waals surface area contributed by atoms with Crippen LogP contribution in [0, 0.1) is 20.8 Å². The average Bonchev–Trinajstić information content (AvgIpc) is 3.08. The summed E-state index contributed by atoms with van der Waals surface area (Å²) >= 11 is 0. The van der Waals surface area contributed by atoms with Gasteiger partial charge in [-0.15, -0.1) is 0 Å². The van der Waals surface area contributed by atoms with Gasteiger partial charge >= 0.3 is 0 Å². The third-order valence-corrected chi connectivity index (χ3v) is 4.97. The van der Waals surface area contributed by atoms with Crippen LogP contribution >= 0.6 is 0 Å². The molecule has 0 aliphatic heterocycles. The number of aryl methyl sites for hydroxylation is 3. The Hall–Kier alpha value is -3.52. The Balaban J connectivity index is 1.62. The smallest absolute Gasteiger partial charge is 0.154 e. The molecule has 4 heterocycles. The summed E-state index contributed by atoms with van der Waals surface area (Å²) in [5.74, 6) is 2.82. The molecule has 0 aromatic carbocycles. The highest BCUT2D eigenvalue weighted by atomic mass is 16.5. The van der Waals surface area contributed by atoms with Gasteiger partial charge in [0, 0.05) is 41.7 Å². The predicted molar refractivity (Wildman–Crippen MR) is 124 cm³/mol. The standard InChI is InChI=1S/C24H28N6O2/c1-15-10-20(21(14-25-15)32-9-7-24(4,5)31)18-6-8-30-19(12-18)13-23(29-30)28-22-11-16(2)26-17(3)27-22/h6,8,10-14,31H,7,9H2,1-5H3,(H,26,27,28,29). The molecule has 8 nitrogen and oxygen atoms in total.